The number of carbonyl (C=O) groups excluding carboxylic acids is 4. The average Bonchev–Trinajstić information content (AvgIpc) is 3.00. The maximum Gasteiger partial charge on any atom is 0.339 e. The minimum absolute atomic E-state index is 0.175. The second-order valence-corrected chi connectivity index (χ2v) is 11.8. The number of methoxy groups -OCH3 is 1. The van der Waals surface area contributed by atoms with Crippen LogP contribution >= 0.6 is 11.8 Å². The molecule has 1 aromatic heterocycles. The molecular weight excluding hydrogens is 556 g/mol. The van der Waals surface area contributed by atoms with Gasteiger partial charge in [-0.15, -0.1) is 0 Å². The standard InChI is InChI=1S/C32H52N2O7S/c1-4-5-6-7-8-9-10-11-12-13-14-15-16-19-29(35)40-21-22-42-25-26(2)30(36)34-28(32(38)39-3)24-41-31(37)27-18-17-20-33-23-27/h17-18,20,23,26,28H,4-16,19,21-22,24-25H2,1-3H3,(H,34,36)/t26-,28-/m0/s1. The molecule has 2 atom stereocenters. The summed E-state index contributed by atoms with van der Waals surface area (Å²) in [6.07, 6.45) is 19.8. The highest BCUT2D eigenvalue weighted by atomic mass is 32.2. The number of pyridine rings is 1. The number of unbranched alkanes of at least 4 members (excludes halogenated alkanes) is 12. The molecule has 0 saturated carbocycles. The van der Waals surface area contributed by atoms with Gasteiger partial charge in [-0.3, -0.25) is 14.6 Å². The molecule has 0 spiro atoms. The van der Waals surface area contributed by atoms with Crippen LogP contribution in [-0.4, -0.2) is 66.7 Å². The minimum Gasteiger partial charge on any atom is -0.467 e. The molecule has 1 aromatic rings. The summed E-state index contributed by atoms with van der Waals surface area (Å²) in [5, 5.41) is 2.59. The molecule has 0 fully saturated rings. The number of hydrogen-bond acceptors (Lipinski definition) is 9. The minimum atomic E-state index is -1.12. The Morgan fingerprint density at radius 1 is 0.905 bits per heavy atom. The molecule has 1 amide bonds. The number of esters is 3. The lowest BCUT2D eigenvalue weighted by atomic mass is 10.0. The van der Waals surface area contributed by atoms with Crippen molar-refractivity contribution in [1.29, 1.82) is 0 Å². The summed E-state index contributed by atoms with van der Waals surface area (Å²) in [7, 11) is 1.20. The molecule has 0 bridgehead atoms. The second kappa shape index (κ2) is 24.9. The summed E-state index contributed by atoms with van der Waals surface area (Å²) < 4.78 is 15.2. The van der Waals surface area contributed by atoms with Gasteiger partial charge in [0.25, 0.3) is 0 Å². The smallest absolute Gasteiger partial charge is 0.339 e. The Hall–Kier alpha value is -2.62. The fraction of sp³-hybridized carbons (Fsp3) is 0.719. The third kappa shape index (κ3) is 18.7. The van der Waals surface area contributed by atoms with Crippen molar-refractivity contribution in [3.8, 4) is 0 Å². The van der Waals surface area contributed by atoms with Crippen molar-refractivity contribution >= 4 is 35.6 Å². The molecule has 0 unspecified atom stereocenters. The zero-order valence-electron chi connectivity index (χ0n) is 25.9. The van der Waals surface area contributed by atoms with Gasteiger partial charge in [-0.2, -0.15) is 11.8 Å². The molecule has 0 saturated heterocycles. The predicted molar refractivity (Wildman–Crippen MR) is 166 cm³/mol. The van der Waals surface area contributed by atoms with E-state index in [0.29, 0.717) is 24.5 Å². The van der Waals surface area contributed by atoms with Crippen LogP contribution < -0.4 is 5.32 Å². The molecule has 0 radical (unpaired) electrons. The van der Waals surface area contributed by atoms with Crippen LogP contribution in [0.15, 0.2) is 24.5 Å². The number of ether oxygens (including phenoxy) is 3. The predicted octanol–water partition coefficient (Wildman–Crippen LogP) is 6.29. The molecule has 0 aromatic carbocycles. The number of rotatable bonds is 25. The lowest BCUT2D eigenvalue weighted by Crippen LogP contribution is -2.47. The molecule has 1 heterocycles. The lowest BCUT2D eigenvalue weighted by molar-refractivity contribution is -0.146. The number of hydrogen-bond donors (Lipinski definition) is 1. The number of aromatic nitrogens is 1. The van der Waals surface area contributed by atoms with Crippen LogP contribution in [0.4, 0.5) is 0 Å². The van der Waals surface area contributed by atoms with E-state index in [4.69, 9.17) is 14.2 Å². The van der Waals surface area contributed by atoms with Crippen molar-refractivity contribution in [2.45, 2.75) is 110 Å². The summed E-state index contributed by atoms with van der Waals surface area (Å²) >= 11 is 1.49. The van der Waals surface area contributed by atoms with Crippen LogP contribution in [0.25, 0.3) is 0 Å². The van der Waals surface area contributed by atoms with Gasteiger partial charge in [0.15, 0.2) is 6.04 Å². The summed E-state index contributed by atoms with van der Waals surface area (Å²) in [4.78, 5) is 52.7. The Balaban J connectivity index is 2.09. The highest BCUT2D eigenvalue weighted by Crippen LogP contribution is 2.14. The van der Waals surface area contributed by atoms with Crippen molar-refractivity contribution < 1.29 is 33.4 Å². The SMILES string of the molecule is CCCCCCCCCCCCCCCC(=O)OCCSC[C@H](C)C(=O)N[C@@H](COC(=O)c1cccnc1)C(=O)OC. The number of amides is 1. The summed E-state index contributed by atoms with van der Waals surface area (Å²) in [5.41, 5.74) is 0.238. The fourth-order valence-corrected chi connectivity index (χ4v) is 5.13. The van der Waals surface area contributed by atoms with Crippen molar-refractivity contribution in [2.75, 3.05) is 31.8 Å². The van der Waals surface area contributed by atoms with Gasteiger partial charge >= 0.3 is 17.9 Å². The molecule has 9 nitrogen and oxygen atoms in total. The maximum atomic E-state index is 12.6. The Bertz CT molecular complexity index is 885. The van der Waals surface area contributed by atoms with Gasteiger partial charge in [0, 0.05) is 36.2 Å². The summed E-state index contributed by atoms with van der Waals surface area (Å²) in [6.45, 7) is 3.92. The molecule has 1 rings (SSSR count). The van der Waals surface area contributed by atoms with Crippen LogP contribution in [-0.2, 0) is 28.6 Å². The Morgan fingerprint density at radius 3 is 2.10 bits per heavy atom. The first-order chi connectivity index (χ1) is 20.4. The van der Waals surface area contributed by atoms with Gasteiger partial charge in [-0.1, -0.05) is 90.9 Å². The Morgan fingerprint density at radius 2 is 1.52 bits per heavy atom. The fourth-order valence-electron chi connectivity index (χ4n) is 4.26. The van der Waals surface area contributed by atoms with Crippen LogP contribution in [0.1, 0.15) is 114 Å². The summed E-state index contributed by atoms with van der Waals surface area (Å²) in [6, 6.07) is 2.01. The topological polar surface area (TPSA) is 121 Å². The first kappa shape index (κ1) is 37.4. The lowest BCUT2D eigenvalue weighted by Gasteiger charge is -2.19. The number of carbonyl (C=O) groups is 4. The molecule has 0 aliphatic rings. The van der Waals surface area contributed by atoms with E-state index in [1.54, 1.807) is 13.0 Å². The van der Waals surface area contributed by atoms with E-state index < -0.39 is 23.9 Å². The van der Waals surface area contributed by atoms with Crippen LogP contribution in [0.2, 0.25) is 0 Å². The van der Waals surface area contributed by atoms with Crippen LogP contribution in [0.5, 0.6) is 0 Å². The average molecular weight is 609 g/mol. The highest BCUT2D eigenvalue weighted by Gasteiger charge is 2.26. The van der Waals surface area contributed by atoms with Gasteiger partial charge in [0.2, 0.25) is 5.91 Å². The third-order valence-corrected chi connectivity index (χ3v) is 8.06. The van der Waals surface area contributed by atoms with Gasteiger partial charge in [-0.05, 0) is 18.6 Å². The third-order valence-electron chi connectivity index (χ3n) is 6.87. The molecule has 0 aliphatic carbocycles. The van der Waals surface area contributed by atoms with Crippen molar-refractivity contribution in [3.05, 3.63) is 30.1 Å². The number of nitrogens with one attached hydrogen (secondary N) is 1. The number of thioether (sulfide) groups is 1. The van der Waals surface area contributed by atoms with Crippen LogP contribution in [0.3, 0.4) is 0 Å². The van der Waals surface area contributed by atoms with E-state index in [1.807, 2.05) is 0 Å². The molecule has 1 N–H and O–H groups in total. The quantitative estimate of drug-likeness (QED) is 0.0775. The normalized spacial score (nSPS) is 12.3. The van der Waals surface area contributed by atoms with E-state index in [0.717, 1.165) is 12.8 Å². The maximum absolute atomic E-state index is 12.6. The first-order valence-electron chi connectivity index (χ1n) is 15.6. The molecule has 42 heavy (non-hydrogen) atoms. The van der Waals surface area contributed by atoms with Gasteiger partial charge < -0.3 is 19.5 Å². The van der Waals surface area contributed by atoms with Crippen LogP contribution in [0, 0.1) is 5.92 Å². The molecular formula is C32H52N2O7S. The van der Waals surface area contributed by atoms with Gasteiger partial charge in [0.1, 0.15) is 13.2 Å². The molecule has 0 aliphatic heterocycles. The van der Waals surface area contributed by atoms with E-state index in [9.17, 15) is 19.2 Å². The largest absolute Gasteiger partial charge is 0.467 e. The molecule has 238 valence electrons. The van der Waals surface area contributed by atoms with Crippen molar-refractivity contribution in [2.24, 2.45) is 5.92 Å². The van der Waals surface area contributed by atoms with Crippen molar-refractivity contribution in [3.63, 3.8) is 0 Å². The van der Waals surface area contributed by atoms with E-state index in [2.05, 4.69) is 17.2 Å². The Kier molecular flexibility index (Phi) is 22.2. The van der Waals surface area contributed by atoms with E-state index in [-0.39, 0.29) is 24.0 Å². The second-order valence-electron chi connectivity index (χ2n) is 10.6. The first-order valence-corrected chi connectivity index (χ1v) is 16.7. The van der Waals surface area contributed by atoms with Gasteiger partial charge in [0.05, 0.1) is 12.7 Å². The van der Waals surface area contributed by atoms with Crippen molar-refractivity contribution in [1.82, 2.24) is 10.3 Å². The Labute approximate surface area is 256 Å². The monoisotopic (exact) mass is 608 g/mol. The highest BCUT2D eigenvalue weighted by molar-refractivity contribution is 7.99. The molecule has 10 heteroatoms. The van der Waals surface area contributed by atoms with E-state index in [1.165, 1.54) is 108 Å². The number of nitrogens with zero attached hydrogens (tertiary/aromatic N) is 1. The zero-order valence-corrected chi connectivity index (χ0v) is 26.7. The van der Waals surface area contributed by atoms with E-state index >= 15 is 0 Å². The summed E-state index contributed by atoms with van der Waals surface area (Å²) in [5.74, 6) is -1.27. The van der Waals surface area contributed by atoms with Gasteiger partial charge in [-0.25, -0.2) is 9.59 Å². The zero-order chi connectivity index (χ0) is 30.8.